The first kappa shape index (κ1) is 23.7. The number of urea groups is 1. The fourth-order valence-electron chi connectivity index (χ4n) is 5.86. The molecule has 3 heterocycles. The van der Waals surface area contributed by atoms with E-state index < -0.39 is 18.2 Å². The highest BCUT2D eigenvalue weighted by atomic mass is 19.3. The van der Waals surface area contributed by atoms with E-state index in [4.69, 9.17) is 0 Å². The molecule has 2 aliphatic heterocycles. The maximum Gasteiger partial charge on any atom is 0.387 e. The van der Waals surface area contributed by atoms with E-state index in [1.807, 2.05) is 7.05 Å². The highest BCUT2D eigenvalue weighted by Crippen LogP contribution is 2.49. The predicted molar refractivity (Wildman–Crippen MR) is 132 cm³/mol. The van der Waals surface area contributed by atoms with Gasteiger partial charge in [0.25, 0.3) is 5.91 Å². The van der Waals surface area contributed by atoms with Crippen LogP contribution in [0.2, 0.25) is 0 Å². The Morgan fingerprint density at radius 1 is 1.22 bits per heavy atom. The number of hydrogen-bond donors (Lipinski definition) is 2. The summed E-state index contributed by atoms with van der Waals surface area (Å²) in [5, 5.41) is 10.9. The second-order valence-electron chi connectivity index (χ2n) is 10.4. The molecule has 3 aliphatic rings. The maximum atomic E-state index is 13.9. The van der Waals surface area contributed by atoms with Crippen molar-refractivity contribution in [2.75, 3.05) is 20.1 Å². The minimum atomic E-state index is -2.96. The number of carbonyl (C=O) groups is 2. The molecule has 1 saturated heterocycles. The first-order valence-corrected chi connectivity index (χ1v) is 12.4. The summed E-state index contributed by atoms with van der Waals surface area (Å²) in [4.78, 5) is 36.2. The van der Waals surface area contributed by atoms with E-state index in [0.29, 0.717) is 34.7 Å². The highest BCUT2D eigenvalue weighted by Gasteiger charge is 2.60. The highest BCUT2D eigenvalue weighted by molar-refractivity contribution is 6.08. The number of nitrogens with one attached hydrogen (secondary N) is 1. The number of aromatic amines is 1. The van der Waals surface area contributed by atoms with Crippen LogP contribution in [0.4, 0.5) is 13.6 Å². The van der Waals surface area contributed by atoms with Crippen LogP contribution in [-0.4, -0.2) is 75.1 Å². The Labute approximate surface area is 212 Å². The Morgan fingerprint density at radius 2 is 2.00 bits per heavy atom. The topological polar surface area (TPSA) is 89.1 Å². The standard InChI is InChI=1S/C27H28F2N4O4/c1-27-14-20-19-13-18(37-25(28)29)8-9-21(19)30-22(20)23(15-4-3-5-17(34)12-15)33(27)26(36)32(24(27)35)11-10-31(2)16-6-7-16/h3-5,8-9,12-13,16,23,25,30,34H,6-7,10-11,14H2,1-2H3/t23-,27+/m1/s1. The number of phenolic OH excluding ortho intramolecular Hbond substituents is 1. The molecule has 1 aromatic heterocycles. The van der Waals surface area contributed by atoms with Crippen molar-refractivity contribution in [3.8, 4) is 11.5 Å². The monoisotopic (exact) mass is 510 g/mol. The summed E-state index contributed by atoms with van der Waals surface area (Å²) in [6.45, 7) is -0.332. The lowest BCUT2D eigenvalue weighted by atomic mass is 9.81. The number of carbonyl (C=O) groups excluding carboxylic acids is 2. The van der Waals surface area contributed by atoms with Gasteiger partial charge in [-0.25, -0.2) is 4.79 Å². The van der Waals surface area contributed by atoms with Crippen LogP contribution in [0.3, 0.4) is 0 Å². The van der Waals surface area contributed by atoms with E-state index in [-0.39, 0.29) is 36.4 Å². The molecule has 0 bridgehead atoms. The van der Waals surface area contributed by atoms with Gasteiger partial charge >= 0.3 is 12.6 Å². The normalized spacial score (nSPS) is 23.4. The Morgan fingerprint density at radius 3 is 2.70 bits per heavy atom. The SMILES string of the molecule is CN(CCN1C(=O)N2[C@H](c3cccc(O)c3)c3[nH]c4ccc(OC(F)F)cc4c3C[C@@]2(C)C1=O)C1CC1. The zero-order valence-electron chi connectivity index (χ0n) is 20.6. The van der Waals surface area contributed by atoms with Crippen LogP contribution in [0.1, 0.15) is 42.6 Å². The number of H-pyrrole nitrogens is 1. The summed E-state index contributed by atoms with van der Waals surface area (Å²) in [5.74, 6) is -0.230. The molecular weight excluding hydrogens is 482 g/mol. The van der Waals surface area contributed by atoms with Gasteiger partial charge in [-0.2, -0.15) is 8.78 Å². The van der Waals surface area contributed by atoms with Gasteiger partial charge in [-0.3, -0.25) is 14.6 Å². The quantitative estimate of drug-likeness (QED) is 0.465. The molecule has 0 radical (unpaired) electrons. The van der Waals surface area contributed by atoms with Crippen molar-refractivity contribution in [1.82, 2.24) is 19.7 Å². The number of phenols is 1. The van der Waals surface area contributed by atoms with E-state index in [9.17, 15) is 23.5 Å². The van der Waals surface area contributed by atoms with E-state index in [2.05, 4.69) is 14.6 Å². The number of imide groups is 1. The number of nitrogens with zero attached hydrogens (tertiary/aromatic N) is 3. The second-order valence-corrected chi connectivity index (χ2v) is 10.4. The van der Waals surface area contributed by atoms with E-state index >= 15 is 0 Å². The number of benzene rings is 2. The van der Waals surface area contributed by atoms with Gasteiger partial charge in [0.2, 0.25) is 0 Å². The summed E-state index contributed by atoms with van der Waals surface area (Å²) in [6.07, 6.45) is 2.47. The number of rotatable bonds is 7. The summed E-state index contributed by atoms with van der Waals surface area (Å²) >= 11 is 0. The van der Waals surface area contributed by atoms with E-state index in [0.717, 1.165) is 18.4 Å². The zero-order valence-corrected chi connectivity index (χ0v) is 20.6. The van der Waals surface area contributed by atoms with Gasteiger partial charge in [-0.15, -0.1) is 0 Å². The van der Waals surface area contributed by atoms with Crippen LogP contribution in [0.5, 0.6) is 11.5 Å². The van der Waals surface area contributed by atoms with Gasteiger partial charge in [0, 0.05) is 42.1 Å². The van der Waals surface area contributed by atoms with Crippen LogP contribution in [0.15, 0.2) is 42.5 Å². The summed E-state index contributed by atoms with van der Waals surface area (Å²) in [7, 11) is 2.00. The van der Waals surface area contributed by atoms with Crippen molar-refractivity contribution in [3.05, 3.63) is 59.3 Å². The first-order valence-electron chi connectivity index (χ1n) is 12.4. The molecule has 0 unspecified atom stereocenters. The average Bonchev–Trinajstić information content (AvgIpc) is 3.62. The zero-order chi connectivity index (χ0) is 26.1. The smallest absolute Gasteiger partial charge is 0.387 e. The Hall–Kier alpha value is -3.66. The lowest BCUT2D eigenvalue weighted by molar-refractivity contribution is -0.133. The number of hydrogen-bond acceptors (Lipinski definition) is 5. The number of halogens is 2. The number of likely N-dealkylation sites (N-methyl/N-ethyl adjacent to an activating group) is 1. The lowest BCUT2D eigenvalue weighted by Crippen LogP contribution is -2.53. The fraction of sp³-hybridized carbons (Fsp3) is 0.407. The van der Waals surface area contributed by atoms with E-state index in [1.54, 1.807) is 48.2 Å². The molecule has 37 heavy (non-hydrogen) atoms. The summed E-state index contributed by atoms with van der Waals surface area (Å²) in [5.41, 5.74) is 1.59. The maximum absolute atomic E-state index is 13.9. The Bertz CT molecular complexity index is 1400. The third-order valence-corrected chi connectivity index (χ3v) is 7.90. The number of fused-ring (bicyclic) bond motifs is 4. The van der Waals surface area contributed by atoms with Crippen molar-refractivity contribution in [3.63, 3.8) is 0 Å². The Balaban J connectivity index is 1.46. The molecule has 3 amide bonds. The molecule has 8 nitrogen and oxygen atoms in total. The summed E-state index contributed by atoms with van der Waals surface area (Å²) < 4.78 is 30.5. The lowest BCUT2D eigenvalue weighted by Gasteiger charge is -2.42. The second kappa shape index (κ2) is 8.44. The first-order chi connectivity index (χ1) is 17.7. The Kier molecular flexibility index (Phi) is 5.41. The molecule has 2 atom stereocenters. The third-order valence-electron chi connectivity index (χ3n) is 7.90. The van der Waals surface area contributed by atoms with Crippen LogP contribution in [0, 0.1) is 0 Å². The average molecular weight is 511 g/mol. The van der Waals surface area contributed by atoms with Gasteiger partial charge in [-0.1, -0.05) is 12.1 Å². The molecule has 2 fully saturated rings. The molecule has 6 rings (SSSR count). The van der Waals surface area contributed by atoms with Gasteiger partial charge < -0.3 is 19.7 Å². The molecule has 10 heteroatoms. The predicted octanol–water partition coefficient (Wildman–Crippen LogP) is 4.24. The number of aromatic nitrogens is 1. The van der Waals surface area contributed by atoms with E-state index in [1.165, 1.54) is 11.0 Å². The number of amides is 3. The van der Waals surface area contributed by atoms with Crippen molar-refractivity contribution in [2.24, 2.45) is 0 Å². The number of ether oxygens (including phenoxy) is 1. The largest absolute Gasteiger partial charge is 0.508 e. The van der Waals surface area contributed by atoms with Gasteiger partial charge in [0.1, 0.15) is 23.1 Å². The molecule has 1 saturated carbocycles. The molecule has 1 aliphatic carbocycles. The van der Waals surface area contributed by atoms with Gasteiger partial charge in [0.15, 0.2) is 0 Å². The van der Waals surface area contributed by atoms with Crippen molar-refractivity contribution in [2.45, 2.75) is 50.4 Å². The molecule has 0 spiro atoms. The fourth-order valence-corrected chi connectivity index (χ4v) is 5.86. The van der Waals surface area contributed by atoms with Crippen LogP contribution < -0.4 is 4.74 Å². The molecular formula is C27H28F2N4O4. The van der Waals surface area contributed by atoms with Crippen molar-refractivity contribution < 1.29 is 28.2 Å². The molecule has 2 aromatic carbocycles. The minimum absolute atomic E-state index is 0.0179. The summed E-state index contributed by atoms with van der Waals surface area (Å²) in [6, 6.07) is 10.7. The van der Waals surface area contributed by atoms with Gasteiger partial charge in [0.05, 0.1) is 0 Å². The van der Waals surface area contributed by atoms with Crippen LogP contribution in [-0.2, 0) is 11.2 Å². The van der Waals surface area contributed by atoms with Crippen molar-refractivity contribution >= 4 is 22.8 Å². The molecule has 3 aromatic rings. The molecule has 194 valence electrons. The minimum Gasteiger partial charge on any atom is -0.508 e. The van der Waals surface area contributed by atoms with Crippen LogP contribution in [0.25, 0.3) is 10.9 Å². The molecule has 2 N–H and O–H groups in total. The number of aromatic hydroxyl groups is 1. The third kappa shape index (κ3) is 3.81. The van der Waals surface area contributed by atoms with Crippen molar-refractivity contribution in [1.29, 1.82) is 0 Å². The van der Waals surface area contributed by atoms with Crippen LogP contribution >= 0.6 is 0 Å². The number of alkyl halides is 2. The van der Waals surface area contributed by atoms with Gasteiger partial charge in [-0.05, 0) is 68.3 Å².